The number of aromatic nitrogens is 2. The minimum atomic E-state index is -0.212. The second kappa shape index (κ2) is 5.07. The molecule has 0 amide bonds. The Balaban J connectivity index is 2.01. The van der Waals surface area contributed by atoms with Crippen molar-refractivity contribution >= 4 is 5.82 Å². The van der Waals surface area contributed by atoms with E-state index < -0.39 is 0 Å². The molecule has 1 unspecified atom stereocenters. The van der Waals surface area contributed by atoms with Crippen LogP contribution in [0.25, 0.3) is 5.69 Å². The number of nitrogens with zero attached hydrogens (tertiary/aromatic N) is 1. The molecule has 1 atom stereocenters. The van der Waals surface area contributed by atoms with Crippen LogP contribution in [-0.2, 0) is 4.74 Å². The highest BCUT2D eigenvalue weighted by Gasteiger charge is 2.33. The predicted octanol–water partition coefficient (Wildman–Crippen LogP) is 2.42. The van der Waals surface area contributed by atoms with Crippen molar-refractivity contribution in [2.24, 2.45) is 0 Å². The lowest BCUT2D eigenvalue weighted by molar-refractivity contribution is -0.0593. The van der Waals surface area contributed by atoms with Crippen molar-refractivity contribution in [3.63, 3.8) is 0 Å². The summed E-state index contributed by atoms with van der Waals surface area (Å²) in [6, 6.07) is 9.62. The van der Waals surface area contributed by atoms with Crippen molar-refractivity contribution in [3.8, 4) is 5.69 Å². The monoisotopic (exact) mass is 287 g/mol. The highest BCUT2D eigenvalue weighted by atomic mass is 16.5. The Morgan fingerprint density at radius 2 is 2.05 bits per heavy atom. The van der Waals surface area contributed by atoms with Gasteiger partial charge in [0.05, 0.1) is 16.9 Å². The average Bonchev–Trinajstić information content (AvgIpc) is 2.74. The number of rotatable bonds is 2. The summed E-state index contributed by atoms with van der Waals surface area (Å²) in [4.78, 5) is 12.3. The third-order valence-electron chi connectivity index (χ3n) is 4.09. The van der Waals surface area contributed by atoms with Crippen LogP contribution in [-0.4, -0.2) is 22.0 Å². The highest BCUT2D eigenvalue weighted by molar-refractivity contribution is 5.48. The van der Waals surface area contributed by atoms with E-state index in [9.17, 15) is 4.79 Å². The summed E-state index contributed by atoms with van der Waals surface area (Å²) in [6.45, 7) is 4.77. The van der Waals surface area contributed by atoms with Gasteiger partial charge >= 0.3 is 0 Å². The summed E-state index contributed by atoms with van der Waals surface area (Å²) >= 11 is 0. The van der Waals surface area contributed by atoms with Crippen LogP contribution in [0.1, 0.15) is 38.2 Å². The Kier molecular flexibility index (Phi) is 3.37. The number of benzene rings is 1. The smallest absolute Gasteiger partial charge is 0.270 e. The van der Waals surface area contributed by atoms with Gasteiger partial charge in [0.15, 0.2) is 0 Å². The molecule has 1 aromatic heterocycles. The van der Waals surface area contributed by atoms with Crippen molar-refractivity contribution in [2.45, 2.75) is 38.2 Å². The molecule has 5 nitrogen and oxygen atoms in total. The van der Waals surface area contributed by atoms with Crippen LogP contribution in [0.15, 0.2) is 35.1 Å². The zero-order chi connectivity index (χ0) is 15.0. The normalized spacial score (nSPS) is 21.3. The number of nitrogens with one attached hydrogen (secondary N) is 1. The molecule has 2 aromatic rings. The number of hydrogen-bond acceptors (Lipinski definition) is 3. The van der Waals surface area contributed by atoms with Crippen LogP contribution in [0.5, 0.6) is 0 Å². The Bertz CT molecular complexity index is 685. The minimum Gasteiger partial charge on any atom is -0.383 e. The van der Waals surface area contributed by atoms with Crippen molar-refractivity contribution < 1.29 is 4.74 Å². The molecule has 3 N–H and O–H groups in total. The highest BCUT2D eigenvalue weighted by Crippen LogP contribution is 2.36. The molecule has 1 aromatic carbocycles. The van der Waals surface area contributed by atoms with Gasteiger partial charge in [-0.1, -0.05) is 18.2 Å². The summed E-state index contributed by atoms with van der Waals surface area (Å²) in [7, 11) is 0. The maximum Gasteiger partial charge on any atom is 0.270 e. The standard InChI is InChI=1S/C16H21N3O2/c1-16(2)10-11(8-9-21-16)13-14(17)19(18-15(13)20)12-6-4-3-5-7-12/h3-7,11H,8-10,17H2,1-2H3,(H,18,20). The van der Waals surface area contributed by atoms with Crippen LogP contribution in [0.2, 0.25) is 0 Å². The van der Waals surface area contributed by atoms with Crippen LogP contribution in [0.3, 0.4) is 0 Å². The van der Waals surface area contributed by atoms with Crippen LogP contribution in [0, 0.1) is 0 Å². The number of anilines is 1. The number of ether oxygens (including phenoxy) is 1. The Morgan fingerprint density at radius 1 is 1.33 bits per heavy atom. The lowest BCUT2D eigenvalue weighted by Gasteiger charge is -2.35. The van der Waals surface area contributed by atoms with Crippen molar-refractivity contribution in [2.75, 3.05) is 12.3 Å². The molecule has 0 aliphatic carbocycles. The van der Waals surface area contributed by atoms with Gasteiger partial charge in [0, 0.05) is 6.61 Å². The third-order valence-corrected chi connectivity index (χ3v) is 4.09. The number of nitrogens with two attached hydrogens (primary N) is 1. The largest absolute Gasteiger partial charge is 0.383 e. The van der Waals surface area contributed by atoms with Crippen LogP contribution in [0.4, 0.5) is 5.82 Å². The molecule has 1 fully saturated rings. The minimum absolute atomic E-state index is 0.0981. The molecule has 1 saturated heterocycles. The number of para-hydroxylation sites is 1. The van der Waals surface area contributed by atoms with Gasteiger partial charge in [-0.15, -0.1) is 0 Å². The second-order valence-corrected chi connectivity index (χ2v) is 6.21. The number of aromatic amines is 1. The molecular weight excluding hydrogens is 266 g/mol. The van der Waals surface area contributed by atoms with Gasteiger partial charge in [-0.2, -0.15) is 0 Å². The van der Waals surface area contributed by atoms with Gasteiger partial charge in [0.25, 0.3) is 5.56 Å². The van der Waals surface area contributed by atoms with E-state index in [1.165, 1.54) is 0 Å². The fourth-order valence-electron chi connectivity index (χ4n) is 3.11. The maximum atomic E-state index is 12.3. The summed E-state index contributed by atoms with van der Waals surface area (Å²) in [5.74, 6) is 0.649. The Labute approximate surface area is 123 Å². The van der Waals surface area contributed by atoms with Crippen molar-refractivity contribution in [1.82, 2.24) is 9.78 Å². The predicted molar refractivity (Wildman–Crippen MR) is 82.8 cm³/mol. The van der Waals surface area contributed by atoms with E-state index in [0.717, 1.165) is 18.5 Å². The molecule has 2 heterocycles. The Morgan fingerprint density at radius 3 is 2.71 bits per heavy atom. The maximum absolute atomic E-state index is 12.3. The summed E-state index contributed by atoms with van der Waals surface area (Å²) < 4.78 is 7.40. The molecule has 3 rings (SSSR count). The molecule has 0 radical (unpaired) electrons. The third kappa shape index (κ3) is 2.61. The van der Waals surface area contributed by atoms with E-state index >= 15 is 0 Å². The van der Waals surface area contributed by atoms with E-state index in [1.54, 1.807) is 4.68 Å². The van der Waals surface area contributed by atoms with Gasteiger partial charge in [-0.05, 0) is 44.7 Å². The van der Waals surface area contributed by atoms with E-state index in [2.05, 4.69) is 18.9 Å². The van der Waals surface area contributed by atoms with Crippen LogP contribution < -0.4 is 11.3 Å². The lowest BCUT2D eigenvalue weighted by Crippen LogP contribution is -2.34. The molecule has 0 bridgehead atoms. The number of H-pyrrole nitrogens is 1. The fourth-order valence-corrected chi connectivity index (χ4v) is 3.11. The lowest BCUT2D eigenvalue weighted by atomic mass is 9.84. The zero-order valence-electron chi connectivity index (χ0n) is 12.4. The van der Waals surface area contributed by atoms with Gasteiger partial charge in [0.1, 0.15) is 5.82 Å². The Hall–Kier alpha value is -2.01. The van der Waals surface area contributed by atoms with E-state index in [4.69, 9.17) is 10.5 Å². The molecular formula is C16H21N3O2. The molecule has 112 valence electrons. The van der Waals surface area contributed by atoms with Gasteiger partial charge in [-0.25, -0.2) is 4.68 Å². The first kappa shape index (κ1) is 13.9. The van der Waals surface area contributed by atoms with E-state index in [-0.39, 0.29) is 17.1 Å². The van der Waals surface area contributed by atoms with E-state index in [0.29, 0.717) is 18.0 Å². The molecule has 21 heavy (non-hydrogen) atoms. The van der Waals surface area contributed by atoms with Gasteiger partial charge < -0.3 is 10.5 Å². The first-order valence-corrected chi connectivity index (χ1v) is 7.28. The SMILES string of the molecule is CC1(C)CC(c2c(N)n(-c3ccccc3)[nH]c2=O)CCO1. The zero-order valence-corrected chi connectivity index (χ0v) is 12.4. The molecule has 5 heteroatoms. The first-order valence-electron chi connectivity index (χ1n) is 7.28. The summed E-state index contributed by atoms with van der Waals surface area (Å²) in [6.07, 6.45) is 1.63. The van der Waals surface area contributed by atoms with Gasteiger partial charge in [-0.3, -0.25) is 9.89 Å². The molecule has 1 aliphatic heterocycles. The van der Waals surface area contributed by atoms with Crippen LogP contribution >= 0.6 is 0 Å². The fraction of sp³-hybridized carbons (Fsp3) is 0.438. The second-order valence-electron chi connectivity index (χ2n) is 6.21. The summed E-state index contributed by atoms with van der Waals surface area (Å²) in [5.41, 5.74) is 7.49. The number of hydrogen-bond donors (Lipinski definition) is 2. The molecule has 0 saturated carbocycles. The molecule has 1 aliphatic rings. The van der Waals surface area contributed by atoms with E-state index in [1.807, 2.05) is 30.3 Å². The quantitative estimate of drug-likeness (QED) is 0.891. The van der Waals surface area contributed by atoms with Crippen molar-refractivity contribution in [3.05, 3.63) is 46.2 Å². The molecule has 0 spiro atoms. The summed E-state index contributed by atoms with van der Waals surface area (Å²) in [5, 5.41) is 2.85. The average molecular weight is 287 g/mol. The van der Waals surface area contributed by atoms with Gasteiger partial charge in [0.2, 0.25) is 0 Å². The first-order chi connectivity index (χ1) is 9.98. The topological polar surface area (TPSA) is 73.0 Å². The number of nitrogen functional groups attached to an aromatic ring is 1. The van der Waals surface area contributed by atoms with Crippen molar-refractivity contribution in [1.29, 1.82) is 0 Å².